The van der Waals surface area contributed by atoms with Crippen molar-refractivity contribution < 1.29 is 18.0 Å². The van der Waals surface area contributed by atoms with Crippen molar-refractivity contribution in [3.8, 4) is 6.07 Å². The molecule has 7 heteroatoms. The molecule has 26 heavy (non-hydrogen) atoms. The molecule has 0 radical (unpaired) electrons. The van der Waals surface area contributed by atoms with Gasteiger partial charge in [0, 0.05) is 11.7 Å². The molecule has 1 rings (SSSR count). The van der Waals surface area contributed by atoms with Crippen molar-refractivity contribution in [1.29, 1.82) is 5.26 Å². The van der Waals surface area contributed by atoms with Gasteiger partial charge in [-0.1, -0.05) is 25.5 Å². The summed E-state index contributed by atoms with van der Waals surface area (Å²) in [6.45, 7) is 5.19. The SMILES string of the molecule is CCC/C=C(\C=C(/Nc1cccc(C#N)c1)C(=O)NC(C)C)C(F)(F)F. The Labute approximate surface area is 151 Å². The Morgan fingerprint density at radius 3 is 2.58 bits per heavy atom. The molecule has 2 N–H and O–H groups in total. The van der Waals surface area contributed by atoms with Crippen LogP contribution >= 0.6 is 0 Å². The fourth-order valence-electron chi connectivity index (χ4n) is 2.03. The highest BCUT2D eigenvalue weighted by molar-refractivity contribution is 5.97. The van der Waals surface area contributed by atoms with Crippen molar-refractivity contribution in [1.82, 2.24) is 5.32 Å². The minimum Gasteiger partial charge on any atom is -0.351 e. The number of nitriles is 1. The maximum Gasteiger partial charge on any atom is 0.416 e. The fraction of sp³-hybridized carbons (Fsp3) is 0.368. The predicted octanol–water partition coefficient (Wildman–Crippen LogP) is 4.67. The van der Waals surface area contributed by atoms with E-state index in [1.54, 1.807) is 39.0 Å². The molecular formula is C19H22F3N3O. The number of halogens is 3. The first-order chi connectivity index (χ1) is 12.2. The van der Waals surface area contributed by atoms with Crippen LogP contribution in [0.5, 0.6) is 0 Å². The summed E-state index contributed by atoms with van der Waals surface area (Å²) >= 11 is 0. The third-order valence-corrected chi connectivity index (χ3v) is 3.22. The third-order valence-electron chi connectivity index (χ3n) is 3.22. The molecule has 0 spiro atoms. The number of rotatable bonds is 7. The first kappa shape index (κ1) is 21.3. The second-order valence-corrected chi connectivity index (χ2v) is 5.95. The molecular weight excluding hydrogens is 343 g/mol. The van der Waals surface area contributed by atoms with Crippen LogP contribution in [0, 0.1) is 11.3 Å². The second kappa shape index (κ2) is 9.66. The Morgan fingerprint density at radius 1 is 1.35 bits per heavy atom. The summed E-state index contributed by atoms with van der Waals surface area (Å²) in [7, 11) is 0. The molecule has 1 aromatic rings. The van der Waals surface area contributed by atoms with Crippen LogP contribution in [0.1, 0.15) is 39.2 Å². The topological polar surface area (TPSA) is 64.9 Å². The monoisotopic (exact) mass is 365 g/mol. The molecule has 0 aliphatic carbocycles. The van der Waals surface area contributed by atoms with E-state index in [1.807, 2.05) is 6.07 Å². The molecule has 0 fully saturated rings. The van der Waals surface area contributed by atoms with Crippen molar-refractivity contribution >= 4 is 11.6 Å². The molecule has 140 valence electrons. The standard InChI is InChI=1S/C19H22F3N3O/c1-4-5-8-15(19(20,21)22)11-17(18(26)24-13(2)3)25-16-9-6-7-14(10-16)12-23/h6-11,13,25H,4-5H2,1-3H3,(H,24,26)/b15-8+,17-11-. The molecule has 0 saturated carbocycles. The zero-order chi connectivity index (χ0) is 19.7. The number of alkyl halides is 3. The Kier molecular flexibility index (Phi) is 7.91. The van der Waals surface area contributed by atoms with E-state index < -0.39 is 17.7 Å². The molecule has 0 heterocycles. The number of nitrogens with zero attached hydrogens (tertiary/aromatic N) is 1. The number of benzene rings is 1. The Hall–Kier alpha value is -2.75. The summed E-state index contributed by atoms with van der Waals surface area (Å²) in [5, 5.41) is 14.2. The fourth-order valence-corrected chi connectivity index (χ4v) is 2.03. The van der Waals surface area contributed by atoms with Crippen LogP contribution in [0.4, 0.5) is 18.9 Å². The molecule has 4 nitrogen and oxygen atoms in total. The normalized spacial score (nSPS) is 12.7. The van der Waals surface area contributed by atoms with Gasteiger partial charge in [0.15, 0.2) is 0 Å². The van der Waals surface area contributed by atoms with Crippen molar-refractivity contribution in [2.45, 2.75) is 45.8 Å². The lowest BCUT2D eigenvalue weighted by molar-refractivity contribution is -0.117. The van der Waals surface area contributed by atoms with E-state index in [9.17, 15) is 18.0 Å². The molecule has 0 atom stereocenters. The number of anilines is 1. The molecule has 0 saturated heterocycles. The number of carbonyl (C=O) groups is 1. The molecule has 0 aliphatic heterocycles. The van der Waals surface area contributed by atoms with Crippen LogP contribution in [0.3, 0.4) is 0 Å². The Bertz CT molecular complexity index is 728. The number of carbonyl (C=O) groups excluding carboxylic acids is 1. The van der Waals surface area contributed by atoms with Gasteiger partial charge in [-0.05, 0) is 44.5 Å². The summed E-state index contributed by atoms with van der Waals surface area (Å²) < 4.78 is 39.8. The zero-order valence-electron chi connectivity index (χ0n) is 14.9. The zero-order valence-corrected chi connectivity index (χ0v) is 14.9. The van der Waals surface area contributed by atoms with Crippen LogP contribution in [-0.2, 0) is 4.79 Å². The van der Waals surface area contributed by atoms with Crippen LogP contribution in [0.2, 0.25) is 0 Å². The first-order valence-electron chi connectivity index (χ1n) is 8.24. The van der Waals surface area contributed by atoms with Gasteiger partial charge in [0.1, 0.15) is 5.70 Å². The van der Waals surface area contributed by atoms with Crippen molar-refractivity contribution in [2.24, 2.45) is 0 Å². The van der Waals surface area contributed by atoms with Gasteiger partial charge in [-0.15, -0.1) is 0 Å². The van der Waals surface area contributed by atoms with E-state index in [-0.39, 0.29) is 18.2 Å². The van der Waals surface area contributed by atoms with Gasteiger partial charge in [-0.2, -0.15) is 18.4 Å². The van der Waals surface area contributed by atoms with E-state index in [4.69, 9.17) is 5.26 Å². The van der Waals surface area contributed by atoms with Gasteiger partial charge in [-0.3, -0.25) is 4.79 Å². The lowest BCUT2D eigenvalue weighted by atomic mass is 10.1. The van der Waals surface area contributed by atoms with E-state index in [2.05, 4.69) is 10.6 Å². The van der Waals surface area contributed by atoms with Gasteiger partial charge >= 0.3 is 6.18 Å². The summed E-state index contributed by atoms with van der Waals surface area (Å²) in [6.07, 6.45) is -1.91. The van der Waals surface area contributed by atoms with Gasteiger partial charge in [0.25, 0.3) is 5.91 Å². The van der Waals surface area contributed by atoms with Crippen molar-refractivity contribution in [3.63, 3.8) is 0 Å². The molecule has 1 aromatic carbocycles. The van der Waals surface area contributed by atoms with Crippen LogP contribution in [-0.4, -0.2) is 18.1 Å². The summed E-state index contributed by atoms with van der Waals surface area (Å²) in [4.78, 5) is 12.3. The van der Waals surface area contributed by atoms with E-state index >= 15 is 0 Å². The highest BCUT2D eigenvalue weighted by Gasteiger charge is 2.32. The third kappa shape index (κ3) is 7.01. The van der Waals surface area contributed by atoms with E-state index in [0.29, 0.717) is 17.7 Å². The molecule has 0 bridgehead atoms. The Morgan fingerprint density at radius 2 is 2.04 bits per heavy atom. The highest BCUT2D eigenvalue weighted by Crippen LogP contribution is 2.28. The van der Waals surface area contributed by atoms with Gasteiger partial charge in [0.2, 0.25) is 0 Å². The number of unbranched alkanes of at least 4 members (excludes halogenated alkanes) is 1. The van der Waals surface area contributed by atoms with Crippen molar-refractivity contribution in [3.05, 3.63) is 53.3 Å². The minimum absolute atomic E-state index is 0.242. The van der Waals surface area contributed by atoms with Gasteiger partial charge < -0.3 is 10.6 Å². The van der Waals surface area contributed by atoms with Crippen LogP contribution in [0.25, 0.3) is 0 Å². The summed E-state index contributed by atoms with van der Waals surface area (Å²) in [6, 6.07) is 7.87. The highest BCUT2D eigenvalue weighted by atomic mass is 19.4. The van der Waals surface area contributed by atoms with Crippen LogP contribution in [0.15, 0.2) is 47.7 Å². The number of allylic oxidation sites excluding steroid dienone is 3. The second-order valence-electron chi connectivity index (χ2n) is 5.95. The van der Waals surface area contributed by atoms with Crippen LogP contribution < -0.4 is 10.6 Å². The minimum atomic E-state index is -4.57. The largest absolute Gasteiger partial charge is 0.416 e. The van der Waals surface area contributed by atoms with Gasteiger partial charge in [0.05, 0.1) is 17.2 Å². The number of nitrogens with one attached hydrogen (secondary N) is 2. The maximum atomic E-state index is 13.3. The average Bonchev–Trinajstić information content (AvgIpc) is 2.56. The lowest BCUT2D eigenvalue weighted by Gasteiger charge is -2.16. The maximum absolute atomic E-state index is 13.3. The summed E-state index contributed by atoms with van der Waals surface area (Å²) in [5.74, 6) is -0.658. The number of amides is 1. The Balaban J connectivity index is 3.30. The van der Waals surface area contributed by atoms with Crippen molar-refractivity contribution in [2.75, 3.05) is 5.32 Å². The number of hydrogen-bond donors (Lipinski definition) is 2. The van der Waals surface area contributed by atoms with E-state index in [1.165, 1.54) is 6.07 Å². The van der Waals surface area contributed by atoms with Gasteiger partial charge in [-0.25, -0.2) is 0 Å². The number of hydrogen-bond acceptors (Lipinski definition) is 3. The molecule has 0 aromatic heterocycles. The lowest BCUT2D eigenvalue weighted by Crippen LogP contribution is -2.34. The average molecular weight is 365 g/mol. The molecule has 1 amide bonds. The molecule has 0 unspecified atom stereocenters. The quantitative estimate of drug-likeness (QED) is 0.545. The molecule has 0 aliphatic rings. The smallest absolute Gasteiger partial charge is 0.351 e. The van der Waals surface area contributed by atoms with E-state index in [0.717, 1.165) is 12.2 Å². The first-order valence-corrected chi connectivity index (χ1v) is 8.24. The predicted molar refractivity (Wildman–Crippen MR) is 95.2 cm³/mol. The summed E-state index contributed by atoms with van der Waals surface area (Å²) in [5.41, 5.74) is -0.451.